The second-order valence-corrected chi connectivity index (χ2v) is 29.0. The number of para-hydroxylation sites is 2. The fraction of sp³-hybridized carbons (Fsp3) is 0.0192. The molecule has 18 aromatic rings. The average molecular weight is 1430 g/mol. The van der Waals surface area contributed by atoms with Crippen molar-refractivity contribution in [1.29, 1.82) is 0 Å². The van der Waals surface area contributed by atoms with Crippen molar-refractivity contribution in [3.63, 3.8) is 0 Å². The van der Waals surface area contributed by atoms with Gasteiger partial charge in [-0.25, -0.2) is 29.9 Å². The summed E-state index contributed by atoms with van der Waals surface area (Å²) in [7, 11) is 0. The van der Waals surface area contributed by atoms with E-state index in [1.165, 1.54) is 44.5 Å². The zero-order chi connectivity index (χ0) is 73.9. The molecule has 2 spiro atoms. The molecule has 0 saturated heterocycles. The highest BCUT2D eigenvalue weighted by Gasteiger charge is 2.53. The molecular formula is C104H64N6O2. The minimum absolute atomic E-state index is 0.572. The molecule has 0 saturated carbocycles. The van der Waals surface area contributed by atoms with Gasteiger partial charge in [0.15, 0.2) is 34.9 Å². The first-order chi connectivity index (χ1) is 55.5. The Morgan fingerprint density at radius 3 is 0.946 bits per heavy atom. The van der Waals surface area contributed by atoms with Crippen molar-refractivity contribution < 1.29 is 9.47 Å². The lowest BCUT2D eigenvalue weighted by molar-refractivity contribution is 0.436. The third-order valence-corrected chi connectivity index (χ3v) is 23.0. The minimum atomic E-state index is -0.782. The maximum atomic E-state index is 7.07. The molecule has 0 radical (unpaired) electrons. The fourth-order valence-electron chi connectivity index (χ4n) is 18.1. The number of nitrogens with zero attached hydrogens (tertiary/aromatic N) is 6. The molecule has 0 N–H and O–H groups in total. The lowest BCUT2D eigenvalue weighted by atomic mass is 9.65. The predicted octanol–water partition coefficient (Wildman–Crippen LogP) is 25.3. The molecule has 2 aromatic heterocycles. The Bertz CT molecular complexity index is 6790. The Kier molecular flexibility index (Phi) is 14.9. The molecule has 1 atom stereocenters. The molecule has 2 aliphatic heterocycles. The summed E-state index contributed by atoms with van der Waals surface area (Å²) in [5, 5.41) is 0. The second kappa shape index (κ2) is 25.9. The summed E-state index contributed by atoms with van der Waals surface area (Å²) in [5.41, 5.74) is 28.5. The van der Waals surface area contributed by atoms with Gasteiger partial charge in [0.25, 0.3) is 0 Å². The van der Waals surface area contributed by atoms with E-state index in [4.69, 9.17) is 39.4 Å². The quantitative estimate of drug-likeness (QED) is 0.126. The van der Waals surface area contributed by atoms with Crippen molar-refractivity contribution in [2.45, 2.75) is 10.8 Å². The first-order valence-corrected chi connectivity index (χ1v) is 38.0. The van der Waals surface area contributed by atoms with Gasteiger partial charge < -0.3 is 9.47 Å². The summed E-state index contributed by atoms with van der Waals surface area (Å²) in [6, 6.07) is 138. The van der Waals surface area contributed by atoms with Gasteiger partial charge in [-0.2, -0.15) is 0 Å². The van der Waals surface area contributed by atoms with E-state index in [1.807, 2.05) is 42.5 Å². The molecule has 8 nitrogen and oxygen atoms in total. The highest BCUT2D eigenvalue weighted by atomic mass is 16.5. The standard InChI is InChI=1S/C104H64N6O2/c1-4-27-65(28-5-1)71-34-25-36-75(62-71)100-106-98(68-31-8-3-9-32-68)108-102(110-100)82-42-13-11-38-77(82)74-58-60-95-91(64-74)104(88-49-21-23-52-93(88)112-95)86-47-19-16-43-83(86)96-78(44-26-50-89(96)104)72-35-24-33-70(61-72)66-53-55-69(56-54-66)99-105-97(67-29-6-2-7-30-67)107-101(109-99)81-41-12-10-37-76(81)73-57-59-94-90(63-73)103(87-48-20-22-51-92(87)111-94)84-45-17-14-39-79(84)80-40-15-18-46-85(80)103/h1-64H. The number of ether oxygens (including phenoxy) is 2. The topological polar surface area (TPSA) is 95.8 Å². The highest BCUT2D eigenvalue weighted by molar-refractivity contribution is 5.98. The van der Waals surface area contributed by atoms with Gasteiger partial charge in [0.2, 0.25) is 0 Å². The van der Waals surface area contributed by atoms with Gasteiger partial charge in [0.05, 0.1) is 10.8 Å². The van der Waals surface area contributed by atoms with E-state index >= 15 is 0 Å². The molecular weight excluding hydrogens is 1370 g/mol. The van der Waals surface area contributed by atoms with Gasteiger partial charge in [-0.1, -0.05) is 340 Å². The van der Waals surface area contributed by atoms with Gasteiger partial charge in [-0.15, -0.1) is 0 Å². The van der Waals surface area contributed by atoms with Crippen molar-refractivity contribution in [2.75, 3.05) is 0 Å². The molecule has 4 heterocycles. The molecule has 16 aromatic carbocycles. The van der Waals surface area contributed by atoms with Gasteiger partial charge >= 0.3 is 0 Å². The van der Waals surface area contributed by atoms with Crippen LogP contribution in [0.2, 0.25) is 0 Å². The van der Waals surface area contributed by atoms with E-state index in [9.17, 15) is 0 Å². The molecule has 0 bridgehead atoms. The Morgan fingerprint density at radius 2 is 0.438 bits per heavy atom. The summed E-state index contributed by atoms with van der Waals surface area (Å²) >= 11 is 0. The van der Waals surface area contributed by atoms with Crippen molar-refractivity contribution in [2.24, 2.45) is 0 Å². The fourth-order valence-corrected chi connectivity index (χ4v) is 18.1. The van der Waals surface area contributed by atoms with E-state index in [2.05, 4.69) is 346 Å². The number of benzene rings is 16. The number of hydrogen-bond acceptors (Lipinski definition) is 8. The molecule has 112 heavy (non-hydrogen) atoms. The normalized spacial score (nSPS) is 14.0. The van der Waals surface area contributed by atoms with E-state index < -0.39 is 10.8 Å². The van der Waals surface area contributed by atoms with Crippen LogP contribution in [0.3, 0.4) is 0 Å². The number of fused-ring (bicyclic) bond motifs is 18. The Labute approximate surface area is 648 Å². The van der Waals surface area contributed by atoms with E-state index in [0.29, 0.717) is 34.9 Å². The first kappa shape index (κ1) is 64.3. The zero-order valence-electron chi connectivity index (χ0n) is 60.5. The van der Waals surface area contributed by atoms with Gasteiger partial charge in [-0.05, 0) is 149 Å². The maximum Gasteiger partial charge on any atom is 0.164 e. The summed E-state index contributed by atoms with van der Waals surface area (Å²) in [6.45, 7) is 0. The van der Waals surface area contributed by atoms with Gasteiger partial charge in [-0.3, -0.25) is 0 Å². The molecule has 522 valence electrons. The number of hydrogen-bond donors (Lipinski definition) is 0. The van der Waals surface area contributed by atoms with E-state index in [-0.39, 0.29) is 0 Å². The lowest BCUT2D eigenvalue weighted by Gasteiger charge is -2.39. The van der Waals surface area contributed by atoms with Crippen LogP contribution in [0.4, 0.5) is 0 Å². The Morgan fingerprint density at radius 1 is 0.152 bits per heavy atom. The molecule has 8 heteroatoms. The van der Waals surface area contributed by atoms with Crippen LogP contribution in [0.5, 0.6) is 23.0 Å². The van der Waals surface area contributed by atoms with Crippen LogP contribution in [0.25, 0.3) is 146 Å². The van der Waals surface area contributed by atoms with Crippen molar-refractivity contribution in [3.05, 3.63) is 433 Å². The molecule has 0 fully saturated rings. The smallest absolute Gasteiger partial charge is 0.164 e. The molecule has 22 rings (SSSR count). The van der Waals surface area contributed by atoms with Crippen molar-refractivity contribution in [1.82, 2.24) is 29.9 Å². The predicted molar refractivity (Wildman–Crippen MR) is 448 cm³/mol. The van der Waals surface area contributed by atoms with Crippen molar-refractivity contribution in [3.8, 4) is 169 Å². The van der Waals surface area contributed by atoms with Crippen LogP contribution in [0.15, 0.2) is 388 Å². The third kappa shape index (κ3) is 10.2. The number of aromatic nitrogens is 6. The van der Waals surface area contributed by atoms with E-state index in [1.54, 1.807) is 0 Å². The van der Waals surface area contributed by atoms with Crippen LogP contribution >= 0.6 is 0 Å². The minimum Gasteiger partial charge on any atom is -0.457 e. The maximum absolute atomic E-state index is 7.07. The van der Waals surface area contributed by atoms with Crippen molar-refractivity contribution >= 4 is 0 Å². The monoisotopic (exact) mass is 1430 g/mol. The largest absolute Gasteiger partial charge is 0.457 e. The highest BCUT2D eigenvalue weighted by Crippen LogP contribution is 2.65. The lowest BCUT2D eigenvalue weighted by Crippen LogP contribution is -2.32. The Hall–Kier alpha value is -14.9. The van der Waals surface area contributed by atoms with Crippen LogP contribution in [-0.2, 0) is 10.8 Å². The van der Waals surface area contributed by atoms with Gasteiger partial charge in [0.1, 0.15) is 23.0 Å². The van der Waals surface area contributed by atoms with Crippen LogP contribution in [0, 0.1) is 0 Å². The molecule has 1 unspecified atom stereocenters. The third-order valence-electron chi connectivity index (χ3n) is 23.0. The summed E-state index contributed by atoms with van der Waals surface area (Å²) in [6.07, 6.45) is 0. The first-order valence-electron chi connectivity index (χ1n) is 38.0. The van der Waals surface area contributed by atoms with Crippen LogP contribution in [-0.4, -0.2) is 29.9 Å². The SMILES string of the molecule is c1ccc(-c2cccc(-c3nc(-c4ccccc4)nc(-c4ccccc4-c4ccc5c(c4)C4(c6ccccc6O5)c5ccccc5-c5c(-c6cccc(-c7ccc(-c8nc(-c9ccccc9)nc(-c9ccccc9-c9ccc%10c(c9)C9(c%11ccccc%11O%10)c%10ccccc%10-c%10ccccc%109)n8)cc7)c6)cccc54)n3)c2)cc1. The summed E-state index contributed by atoms with van der Waals surface area (Å²) < 4.78 is 13.9. The molecule has 2 aliphatic carbocycles. The second-order valence-electron chi connectivity index (χ2n) is 29.0. The molecule has 0 amide bonds. The summed E-state index contributed by atoms with van der Waals surface area (Å²) in [5.74, 6) is 6.80. The Balaban J connectivity index is 0.629. The summed E-state index contributed by atoms with van der Waals surface area (Å²) in [4.78, 5) is 31.8. The average Bonchev–Trinajstić information content (AvgIpc) is 1.50. The van der Waals surface area contributed by atoms with Gasteiger partial charge in [0, 0.05) is 55.6 Å². The molecule has 4 aliphatic rings. The van der Waals surface area contributed by atoms with E-state index in [0.717, 1.165) is 134 Å². The van der Waals surface area contributed by atoms with Crippen LogP contribution < -0.4 is 9.47 Å². The van der Waals surface area contributed by atoms with Crippen LogP contribution in [0.1, 0.15) is 44.5 Å². The number of rotatable bonds is 11. The zero-order valence-corrected chi connectivity index (χ0v) is 60.5.